The summed E-state index contributed by atoms with van der Waals surface area (Å²) in [5, 5.41) is 0. The number of unbranched alkanes of at least 4 members (excludes halogenated alkanes) is 1. The molecular weight excluding hydrogens is 304 g/mol. The number of alkyl halides is 1. The first-order valence-electron chi connectivity index (χ1n) is 7.60. The minimum Gasteiger partial charge on any atom is -0.466 e. The quantitative estimate of drug-likeness (QED) is 0.371. The molecule has 4 nitrogen and oxygen atoms in total. The smallest absolute Gasteiger partial charge is 0.306 e. The van der Waals surface area contributed by atoms with Gasteiger partial charge in [0.1, 0.15) is 6.61 Å². The van der Waals surface area contributed by atoms with E-state index in [1.165, 1.54) is 0 Å². The lowest BCUT2D eigenvalue weighted by Gasteiger charge is -2.06. The van der Waals surface area contributed by atoms with Crippen molar-refractivity contribution in [1.82, 2.24) is 0 Å². The highest BCUT2D eigenvalue weighted by atomic mass is 35.5. The Morgan fingerprint density at radius 3 is 2.14 bits per heavy atom. The van der Waals surface area contributed by atoms with Crippen molar-refractivity contribution in [3.63, 3.8) is 0 Å². The van der Waals surface area contributed by atoms with E-state index >= 15 is 0 Å². The van der Waals surface area contributed by atoms with Crippen LogP contribution in [0.5, 0.6) is 0 Å². The molecule has 1 aromatic rings. The zero-order chi connectivity index (χ0) is 16.2. The van der Waals surface area contributed by atoms with Gasteiger partial charge in [-0.05, 0) is 24.0 Å². The number of rotatable bonds is 10. The summed E-state index contributed by atoms with van der Waals surface area (Å²) in [4.78, 5) is 22.9. The summed E-state index contributed by atoms with van der Waals surface area (Å²) in [6.07, 6.45) is 2.79. The normalized spacial score (nSPS) is 10.3. The fourth-order valence-corrected chi connectivity index (χ4v) is 1.92. The maximum Gasteiger partial charge on any atom is 0.306 e. The van der Waals surface area contributed by atoms with Crippen LogP contribution in [-0.2, 0) is 31.5 Å². The van der Waals surface area contributed by atoms with Gasteiger partial charge in [-0.2, -0.15) is 0 Å². The van der Waals surface area contributed by atoms with E-state index < -0.39 is 0 Å². The SMILES string of the molecule is CCCCOC(=O)CCCC(=O)OCc1ccc(CCl)cc1. The van der Waals surface area contributed by atoms with E-state index in [4.69, 9.17) is 21.1 Å². The first-order chi connectivity index (χ1) is 10.7. The largest absolute Gasteiger partial charge is 0.466 e. The minimum absolute atomic E-state index is 0.225. The van der Waals surface area contributed by atoms with Crippen LogP contribution in [0.1, 0.15) is 50.2 Å². The molecule has 0 radical (unpaired) electrons. The maximum atomic E-state index is 11.6. The first kappa shape index (κ1) is 18.5. The van der Waals surface area contributed by atoms with E-state index in [0.29, 0.717) is 18.9 Å². The molecule has 0 fully saturated rings. The molecule has 0 unspecified atom stereocenters. The molecule has 0 saturated heterocycles. The number of halogens is 1. The maximum absolute atomic E-state index is 11.6. The molecule has 0 bridgehead atoms. The van der Waals surface area contributed by atoms with Crippen molar-refractivity contribution in [2.75, 3.05) is 6.61 Å². The van der Waals surface area contributed by atoms with E-state index in [2.05, 4.69) is 0 Å². The molecule has 0 saturated carbocycles. The zero-order valence-electron chi connectivity index (χ0n) is 13.0. The van der Waals surface area contributed by atoms with E-state index in [0.717, 1.165) is 24.0 Å². The second kappa shape index (κ2) is 11.1. The highest BCUT2D eigenvalue weighted by molar-refractivity contribution is 6.17. The monoisotopic (exact) mass is 326 g/mol. The van der Waals surface area contributed by atoms with Crippen molar-refractivity contribution < 1.29 is 19.1 Å². The van der Waals surface area contributed by atoms with E-state index in [9.17, 15) is 9.59 Å². The highest BCUT2D eigenvalue weighted by Crippen LogP contribution is 2.09. The molecule has 22 heavy (non-hydrogen) atoms. The Morgan fingerprint density at radius 1 is 0.955 bits per heavy atom. The van der Waals surface area contributed by atoms with Gasteiger partial charge in [-0.3, -0.25) is 9.59 Å². The summed E-state index contributed by atoms with van der Waals surface area (Å²) >= 11 is 5.71. The average molecular weight is 327 g/mol. The molecule has 0 aliphatic carbocycles. The summed E-state index contributed by atoms with van der Waals surface area (Å²) in [6.45, 7) is 2.73. The molecule has 5 heteroatoms. The van der Waals surface area contributed by atoms with Crippen LogP contribution in [0.4, 0.5) is 0 Å². The number of benzene rings is 1. The summed E-state index contributed by atoms with van der Waals surface area (Å²) in [7, 11) is 0. The lowest BCUT2D eigenvalue weighted by Crippen LogP contribution is -2.08. The van der Waals surface area contributed by atoms with Crippen molar-refractivity contribution in [2.45, 2.75) is 51.5 Å². The van der Waals surface area contributed by atoms with Crippen molar-refractivity contribution >= 4 is 23.5 Å². The van der Waals surface area contributed by atoms with Crippen molar-refractivity contribution in [3.8, 4) is 0 Å². The minimum atomic E-state index is -0.303. The van der Waals surface area contributed by atoms with E-state index in [1.807, 2.05) is 31.2 Å². The standard InChI is InChI=1S/C17H23ClO4/c1-2-3-11-21-16(19)5-4-6-17(20)22-13-15-9-7-14(12-18)8-10-15/h7-10H,2-6,11-13H2,1H3. The van der Waals surface area contributed by atoms with Crippen LogP contribution in [0.3, 0.4) is 0 Å². The number of hydrogen-bond donors (Lipinski definition) is 0. The topological polar surface area (TPSA) is 52.6 Å². The fourth-order valence-electron chi connectivity index (χ4n) is 1.74. The number of hydrogen-bond acceptors (Lipinski definition) is 4. The van der Waals surface area contributed by atoms with Crippen LogP contribution >= 0.6 is 11.6 Å². The Hall–Kier alpha value is -1.55. The van der Waals surface area contributed by atoms with Gasteiger partial charge >= 0.3 is 11.9 Å². The zero-order valence-corrected chi connectivity index (χ0v) is 13.7. The molecule has 0 N–H and O–H groups in total. The highest BCUT2D eigenvalue weighted by Gasteiger charge is 2.07. The van der Waals surface area contributed by atoms with Crippen LogP contribution in [0, 0.1) is 0 Å². The third-order valence-corrected chi connectivity index (χ3v) is 3.41. The van der Waals surface area contributed by atoms with Gasteiger partial charge in [-0.1, -0.05) is 37.6 Å². The Balaban J connectivity index is 2.13. The van der Waals surface area contributed by atoms with Crippen LogP contribution in [-0.4, -0.2) is 18.5 Å². The number of carbonyl (C=O) groups excluding carboxylic acids is 2. The summed E-state index contributed by atoms with van der Waals surface area (Å²) in [5.41, 5.74) is 1.94. The molecule has 0 heterocycles. The molecule has 0 amide bonds. The van der Waals surface area contributed by atoms with Gasteiger partial charge < -0.3 is 9.47 Å². The summed E-state index contributed by atoms with van der Waals surface area (Å²) in [6, 6.07) is 7.58. The first-order valence-corrected chi connectivity index (χ1v) is 8.14. The molecule has 0 spiro atoms. The van der Waals surface area contributed by atoms with Gasteiger partial charge in [0.05, 0.1) is 6.61 Å². The number of ether oxygens (including phenoxy) is 2. The van der Waals surface area contributed by atoms with Crippen molar-refractivity contribution in [1.29, 1.82) is 0 Å². The lowest BCUT2D eigenvalue weighted by atomic mass is 10.2. The van der Waals surface area contributed by atoms with Crippen LogP contribution in [0.2, 0.25) is 0 Å². The van der Waals surface area contributed by atoms with Gasteiger partial charge in [0, 0.05) is 18.7 Å². The van der Waals surface area contributed by atoms with Crippen molar-refractivity contribution in [2.24, 2.45) is 0 Å². The summed E-state index contributed by atoms with van der Waals surface area (Å²) in [5.74, 6) is -0.0882. The molecule has 1 rings (SSSR count). The van der Waals surface area contributed by atoms with Crippen LogP contribution < -0.4 is 0 Å². The molecule has 1 aromatic carbocycles. The molecule has 0 aromatic heterocycles. The Morgan fingerprint density at radius 2 is 1.55 bits per heavy atom. The Kier molecular flexibility index (Phi) is 9.31. The predicted octanol–water partition coefficient (Wildman–Crippen LogP) is 3.98. The van der Waals surface area contributed by atoms with Crippen molar-refractivity contribution in [3.05, 3.63) is 35.4 Å². The second-order valence-electron chi connectivity index (χ2n) is 5.04. The number of carbonyl (C=O) groups is 2. The van der Waals surface area contributed by atoms with E-state index in [1.54, 1.807) is 0 Å². The molecule has 0 aliphatic rings. The Bertz CT molecular complexity index is 456. The van der Waals surface area contributed by atoms with Gasteiger partial charge in [-0.15, -0.1) is 11.6 Å². The Labute approximate surface area is 136 Å². The fraction of sp³-hybridized carbons (Fsp3) is 0.529. The molecular formula is C17H23ClO4. The molecule has 0 aliphatic heterocycles. The summed E-state index contributed by atoms with van der Waals surface area (Å²) < 4.78 is 10.2. The van der Waals surface area contributed by atoms with Gasteiger partial charge in [-0.25, -0.2) is 0 Å². The van der Waals surface area contributed by atoms with Gasteiger partial charge in [0.2, 0.25) is 0 Å². The van der Waals surface area contributed by atoms with E-state index in [-0.39, 0.29) is 31.4 Å². The molecule has 122 valence electrons. The third kappa shape index (κ3) is 8.03. The van der Waals surface area contributed by atoms with Gasteiger partial charge in [0.15, 0.2) is 0 Å². The third-order valence-electron chi connectivity index (χ3n) is 3.10. The number of esters is 2. The lowest BCUT2D eigenvalue weighted by molar-refractivity contribution is -0.146. The average Bonchev–Trinajstić information content (AvgIpc) is 2.53. The second-order valence-corrected chi connectivity index (χ2v) is 5.31. The van der Waals surface area contributed by atoms with Crippen LogP contribution in [0.15, 0.2) is 24.3 Å². The predicted molar refractivity (Wildman–Crippen MR) is 85.5 cm³/mol. The van der Waals surface area contributed by atoms with Gasteiger partial charge in [0.25, 0.3) is 0 Å². The molecule has 0 atom stereocenters. The van der Waals surface area contributed by atoms with Crippen LogP contribution in [0.25, 0.3) is 0 Å².